The lowest BCUT2D eigenvalue weighted by atomic mass is 10.0. The van der Waals surface area contributed by atoms with Crippen LogP contribution in [0.3, 0.4) is 0 Å². The largest absolute Gasteiger partial charge is 0.462 e. The number of carbonyl (C=O) groups is 1. The van der Waals surface area contributed by atoms with Crippen molar-refractivity contribution in [3.05, 3.63) is 40.9 Å². The van der Waals surface area contributed by atoms with Crippen LogP contribution in [0.2, 0.25) is 0 Å². The Hall–Kier alpha value is -2.17. The maximum atomic E-state index is 14.0. The molecule has 3 rings (SSSR count). The minimum absolute atomic E-state index is 0.0648. The Labute approximate surface area is 128 Å². The lowest BCUT2D eigenvalue weighted by Gasteiger charge is -2.08. The van der Waals surface area contributed by atoms with E-state index < -0.39 is 11.8 Å². The second-order valence-electron chi connectivity index (χ2n) is 5.67. The molecule has 1 fully saturated rings. The van der Waals surface area contributed by atoms with Crippen LogP contribution in [-0.4, -0.2) is 17.7 Å². The normalized spacial score (nSPS) is 14.1. The van der Waals surface area contributed by atoms with Crippen molar-refractivity contribution in [2.45, 2.75) is 39.0 Å². The highest BCUT2D eigenvalue weighted by atomic mass is 19.1. The van der Waals surface area contributed by atoms with Gasteiger partial charge in [-0.3, -0.25) is 0 Å². The standard InChI is InChI=1S/C17H18FNO3/c1-3-6-21-17(20)13-8-12(10(2)7-14(13)18)15-9-16(22-19-15)11-4-5-11/h7-9,11H,3-6H2,1-2H3. The molecule has 4 nitrogen and oxygen atoms in total. The highest BCUT2D eigenvalue weighted by molar-refractivity contribution is 5.91. The van der Waals surface area contributed by atoms with Crippen molar-refractivity contribution in [3.63, 3.8) is 0 Å². The van der Waals surface area contributed by atoms with E-state index in [2.05, 4.69) is 5.16 Å². The fourth-order valence-corrected chi connectivity index (χ4v) is 2.35. The maximum absolute atomic E-state index is 14.0. The first-order valence-electron chi connectivity index (χ1n) is 7.54. The number of aromatic nitrogens is 1. The number of rotatable bonds is 5. The van der Waals surface area contributed by atoms with Crippen LogP contribution in [0.1, 0.15) is 53.8 Å². The maximum Gasteiger partial charge on any atom is 0.341 e. The number of halogens is 1. The number of nitrogens with zero attached hydrogens (tertiary/aromatic N) is 1. The predicted molar refractivity (Wildman–Crippen MR) is 79.2 cm³/mol. The molecule has 2 aromatic rings. The van der Waals surface area contributed by atoms with E-state index in [4.69, 9.17) is 9.26 Å². The molecule has 0 amide bonds. The molecule has 22 heavy (non-hydrogen) atoms. The average molecular weight is 303 g/mol. The fraction of sp³-hybridized carbons (Fsp3) is 0.412. The number of hydrogen-bond donors (Lipinski definition) is 0. The Morgan fingerprint density at radius 3 is 2.86 bits per heavy atom. The van der Waals surface area contributed by atoms with Gasteiger partial charge in [0, 0.05) is 17.5 Å². The van der Waals surface area contributed by atoms with E-state index in [1.807, 2.05) is 13.0 Å². The summed E-state index contributed by atoms with van der Waals surface area (Å²) in [6, 6.07) is 4.71. The summed E-state index contributed by atoms with van der Waals surface area (Å²) in [5.74, 6) is 0.0876. The Balaban J connectivity index is 1.94. The molecule has 0 spiro atoms. The third-order valence-corrected chi connectivity index (χ3v) is 3.76. The van der Waals surface area contributed by atoms with Gasteiger partial charge in [-0.2, -0.15) is 0 Å². The molecule has 0 saturated heterocycles. The summed E-state index contributed by atoms with van der Waals surface area (Å²) < 4.78 is 24.4. The first kappa shape index (κ1) is 14.8. The van der Waals surface area contributed by atoms with Gasteiger partial charge in [-0.25, -0.2) is 9.18 Å². The van der Waals surface area contributed by atoms with Gasteiger partial charge in [-0.1, -0.05) is 12.1 Å². The smallest absolute Gasteiger partial charge is 0.341 e. The molecule has 0 aliphatic heterocycles. The summed E-state index contributed by atoms with van der Waals surface area (Å²) in [7, 11) is 0. The quantitative estimate of drug-likeness (QED) is 0.775. The van der Waals surface area contributed by atoms with Gasteiger partial charge in [-0.05, 0) is 43.9 Å². The molecule has 1 aliphatic carbocycles. The van der Waals surface area contributed by atoms with Crippen molar-refractivity contribution in [2.24, 2.45) is 0 Å². The Bertz CT molecular complexity index is 704. The van der Waals surface area contributed by atoms with E-state index in [-0.39, 0.29) is 12.2 Å². The second-order valence-corrected chi connectivity index (χ2v) is 5.67. The molecule has 116 valence electrons. The Morgan fingerprint density at radius 2 is 2.18 bits per heavy atom. The van der Waals surface area contributed by atoms with E-state index >= 15 is 0 Å². The van der Waals surface area contributed by atoms with Crippen molar-refractivity contribution in [3.8, 4) is 11.3 Å². The molecule has 1 saturated carbocycles. The molecular weight excluding hydrogens is 285 g/mol. The zero-order chi connectivity index (χ0) is 15.7. The van der Waals surface area contributed by atoms with E-state index in [1.165, 1.54) is 12.1 Å². The van der Waals surface area contributed by atoms with Crippen LogP contribution in [-0.2, 0) is 4.74 Å². The summed E-state index contributed by atoms with van der Waals surface area (Å²) in [4.78, 5) is 11.9. The molecule has 1 aromatic carbocycles. The van der Waals surface area contributed by atoms with Crippen molar-refractivity contribution in [2.75, 3.05) is 6.61 Å². The van der Waals surface area contributed by atoms with Crippen molar-refractivity contribution >= 4 is 5.97 Å². The SMILES string of the molecule is CCCOC(=O)c1cc(-c2cc(C3CC3)on2)c(C)cc1F. The molecule has 1 heterocycles. The first-order chi connectivity index (χ1) is 10.6. The van der Waals surface area contributed by atoms with Gasteiger partial charge in [0.1, 0.15) is 17.3 Å². The molecule has 0 radical (unpaired) electrons. The molecule has 0 bridgehead atoms. The summed E-state index contributed by atoms with van der Waals surface area (Å²) in [6.45, 7) is 3.95. The molecule has 1 aromatic heterocycles. The number of benzene rings is 1. The summed E-state index contributed by atoms with van der Waals surface area (Å²) in [5, 5.41) is 4.05. The Kier molecular flexibility index (Phi) is 3.96. The van der Waals surface area contributed by atoms with Gasteiger partial charge >= 0.3 is 5.97 Å². The number of ether oxygens (including phenoxy) is 1. The second kappa shape index (κ2) is 5.91. The monoisotopic (exact) mass is 303 g/mol. The fourth-order valence-electron chi connectivity index (χ4n) is 2.35. The van der Waals surface area contributed by atoms with Gasteiger partial charge in [0.25, 0.3) is 0 Å². The van der Waals surface area contributed by atoms with Crippen LogP contribution in [0.25, 0.3) is 11.3 Å². The van der Waals surface area contributed by atoms with E-state index in [1.54, 1.807) is 6.92 Å². The van der Waals surface area contributed by atoms with Crippen molar-refractivity contribution < 1.29 is 18.4 Å². The van der Waals surface area contributed by atoms with Gasteiger partial charge in [0.2, 0.25) is 0 Å². The molecule has 0 atom stereocenters. The van der Waals surface area contributed by atoms with E-state index in [0.717, 1.165) is 18.6 Å². The van der Waals surface area contributed by atoms with Crippen LogP contribution in [0, 0.1) is 12.7 Å². The lowest BCUT2D eigenvalue weighted by Crippen LogP contribution is -2.09. The number of carbonyl (C=O) groups excluding carboxylic acids is 1. The minimum Gasteiger partial charge on any atom is -0.462 e. The summed E-state index contributed by atoms with van der Waals surface area (Å²) >= 11 is 0. The topological polar surface area (TPSA) is 52.3 Å². The van der Waals surface area contributed by atoms with Gasteiger partial charge in [0.15, 0.2) is 0 Å². The molecule has 1 aliphatic rings. The zero-order valence-corrected chi connectivity index (χ0v) is 12.7. The van der Waals surface area contributed by atoms with E-state index in [9.17, 15) is 9.18 Å². The van der Waals surface area contributed by atoms with Gasteiger partial charge in [0.05, 0.1) is 12.2 Å². The third kappa shape index (κ3) is 2.89. The summed E-state index contributed by atoms with van der Waals surface area (Å²) in [5.41, 5.74) is 1.97. The number of esters is 1. The first-order valence-corrected chi connectivity index (χ1v) is 7.54. The van der Waals surface area contributed by atoms with Crippen LogP contribution in [0.4, 0.5) is 4.39 Å². The van der Waals surface area contributed by atoms with E-state index in [0.29, 0.717) is 29.2 Å². The highest BCUT2D eigenvalue weighted by Gasteiger charge is 2.28. The van der Waals surface area contributed by atoms with Crippen LogP contribution in [0.15, 0.2) is 22.7 Å². The highest BCUT2D eigenvalue weighted by Crippen LogP contribution is 2.41. The molecule has 5 heteroatoms. The van der Waals surface area contributed by atoms with Crippen LogP contribution < -0.4 is 0 Å². The minimum atomic E-state index is -0.647. The van der Waals surface area contributed by atoms with Gasteiger partial charge in [-0.15, -0.1) is 0 Å². The number of hydrogen-bond acceptors (Lipinski definition) is 4. The van der Waals surface area contributed by atoms with Gasteiger partial charge < -0.3 is 9.26 Å². The average Bonchev–Trinajstić information content (AvgIpc) is 3.23. The summed E-state index contributed by atoms with van der Waals surface area (Å²) in [6.07, 6.45) is 2.93. The zero-order valence-electron chi connectivity index (χ0n) is 12.7. The van der Waals surface area contributed by atoms with Crippen molar-refractivity contribution in [1.29, 1.82) is 0 Å². The predicted octanol–water partition coefficient (Wildman–Crippen LogP) is 4.23. The molecular formula is C17H18FNO3. The lowest BCUT2D eigenvalue weighted by molar-refractivity contribution is 0.0500. The molecule has 0 N–H and O–H groups in total. The van der Waals surface area contributed by atoms with Crippen LogP contribution in [0.5, 0.6) is 0 Å². The third-order valence-electron chi connectivity index (χ3n) is 3.76. The Morgan fingerprint density at radius 1 is 1.41 bits per heavy atom. The van der Waals surface area contributed by atoms with Crippen molar-refractivity contribution in [1.82, 2.24) is 5.16 Å². The van der Waals surface area contributed by atoms with Crippen LogP contribution >= 0.6 is 0 Å². The number of aryl methyl sites for hydroxylation is 1. The molecule has 0 unspecified atom stereocenters.